The summed E-state index contributed by atoms with van der Waals surface area (Å²) in [4.78, 5) is 0. The molecule has 5 saturated heterocycles. The average Bonchev–Trinajstić information content (AvgIpc) is 1.63. The number of hydrogen-bond donors (Lipinski definition) is 8. The van der Waals surface area contributed by atoms with E-state index in [2.05, 4.69) is 256 Å². The highest BCUT2D eigenvalue weighted by atomic mass is 16.5. The molecule has 0 amide bonds. The summed E-state index contributed by atoms with van der Waals surface area (Å²) in [5, 5.41) is 35.3. The number of benzene rings is 7. The molecule has 0 aromatic heterocycles. The van der Waals surface area contributed by atoms with Gasteiger partial charge in [-0.15, -0.1) is 0 Å². The molecule has 7 aromatic carbocycles. The summed E-state index contributed by atoms with van der Waals surface area (Å²) in [6.45, 7) is 2.35. The fraction of sp³-hybridized carbons (Fsp3) is 0.432. The largest absolute Gasteiger partial charge is 0.494 e. The molecule has 4 saturated carbocycles. The SMILES string of the molecule is CC1CC=CC(c2ccccc2)=C1OC1CCC2C3NC(NC4NC(NC5NC(NC6NC(N3)C3CC(Oc7ccccc7-c7ccccc7)CCC63)C3CC(Oc6ccccc6-c6ccccc6)CCC53)C3CC(Oc5ccccc5-c5ccccc5)CCC43)C2C1. The van der Waals surface area contributed by atoms with Gasteiger partial charge in [0.25, 0.3) is 0 Å². The van der Waals surface area contributed by atoms with Crippen LogP contribution in [-0.2, 0) is 4.74 Å². The Kier molecular flexibility index (Phi) is 16.8. The molecule has 9 fully saturated rings. The molecule has 8 N–H and O–H groups in total. The van der Waals surface area contributed by atoms with E-state index in [-0.39, 0.29) is 73.7 Å². The first kappa shape index (κ1) is 59.6. The van der Waals surface area contributed by atoms with Gasteiger partial charge in [0.15, 0.2) is 0 Å². The predicted octanol–water partition coefficient (Wildman–Crippen LogP) is 13.8. The van der Waals surface area contributed by atoms with Crippen LogP contribution < -0.4 is 56.7 Å². The molecule has 7 aromatic rings. The van der Waals surface area contributed by atoms with Crippen LogP contribution in [0, 0.1) is 53.3 Å². The quantitative estimate of drug-likeness (QED) is 0.0592. The Hall–Kier alpha value is -7.10. The molecule has 12 heteroatoms. The van der Waals surface area contributed by atoms with Crippen molar-refractivity contribution in [2.45, 2.75) is 164 Å². The zero-order valence-corrected chi connectivity index (χ0v) is 53.6. The van der Waals surface area contributed by atoms with Crippen LogP contribution in [0.15, 0.2) is 212 Å². The summed E-state index contributed by atoms with van der Waals surface area (Å²) in [7, 11) is 0. The average molecular weight is 1240 g/mol. The summed E-state index contributed by atoms with van der Waals surface area (Å²) in [5.41, 5.74) is 9.49. The Morgan fingerprint density at radius 2 is 0.548 bits per heavy atom. The highest BCUT2D eigenvalue weighted by molar-refractivity contribution is 5.77. The zero-order chi connectivity index (χ0) is 61.8. The van der Waals surface area contributed by atoms with E-state index in [1.54, 1.807) is 0 Å². The van der Waals surface area contributed by atoms with Crippen molar-refractivity contribution in [3.8, 4) is 50.6 Å². The molecule has 12 nitrogen and oxygen atoms in total. The Balaban J connectivity index is 0.703. The topological polar surface area (TPSA) is 133 Å². The Labute approximate surface area is 549 Å². The number of ether oxygens (including phenoxy) is 4. The van der Waals surface area contributed by atoms with Gasteiger partial charge >= 0.3 is 0 Å². The van der Waals surface area contributed by atoms with Gasteiger partial charge in [-0.05, 0) is 171 Å². The van der Waals surface area contributed by atoms with E-state index in [9.17, 15) is 0 Å². The zero-order valence-electron chi connectivity index (χ0n) is 53.6. The normalized spacial score (nSPS) is 36.0. The number of hydrogen-bond acceptors (Lipinski definition) is 12. The fourth-order valence-electron chi connectivity index (χ4n) is 19.2. The summed E-state index contributed by atoms with van der Waals surface area (Å²) >= 11 is 0. The first-order chi connectivity index (χ1) is 45.9. The van der Waals surface area contributed by atoms with Crippen LogP contribution in [0.3, 0.4) is 0 Å². The van der Waals surface area contributed by atoms with Crippen molar-refractivity contribution >= 4 is 5.57 Å². The van der Waals surface area contributed by atoms with Gasteiger partial charge in [0.1, 0.15) is 23.0 Å². The number of para-hydroxylation sites is 3. The van der Waals surface area contributed by atoms with Gasteiger partial charge in [0, 0.05) is 28.2 Å². The second-order valence-corrected chi connectivity index (χ2v) is 28.9. The highest BCUT2D eigenvalue weighted by Crippen LogP contribution is 2.49. The van der Waals surface area contributed by atoms with Gasteiger partial charge in [0.2, 0.25) is 0 Å². The molecule has 5 aliphatic heterocycles. The summed E-state index contributed by atoms with van der Waals surface area (Å²) in [6.07, 6.45) is 18.7. The molecule has 480 valence electrons. The predicted molar refractivity (Wildman–Crippen MR) is 369 cm³/mol. The molecule has 17 rings (SSSR count). The van der Waals surface area contributed by atoms with Crippen LogP contribution in [0.25, 0.3) is 39.0 Å². The van der Waals surface area contributed by atoms with Gasteiger partial charge in [0.05, 0.1) is 73.7 Å². The molecule has 5 aliphatic carbocycles. The number of allylic oxidation sites excluding steroid dienone is 4. The van der Waals surface area contributed by atoms with Crippen LogP contribution in [0.1, 0.15) is 96.0 Å². The maximum atomic E-state index is 7.44. The molecular formula is C81H92N8O4. The van der Waals surface area contributed by atoms with Crippen molar-refractivity contribution in [1.82, 2.24) is 42.5 Å². The van der Waals surface area contributed by atoms with E-state index < -0.39 is 0 Å². The van der Waals surface area contributed by atoms with Crippen molar-refractivity contribution in [2.75, 3.05) is 0 Å². The Bertz CT molecular complexity index is 3680. The van der Waals surface area contributed by atoms with Crippen molar-refractivity contribution in [1.29, 1.82) is 0 Å². The van der Waals surface area contributed by atoms with Crippen LogP contribution >= 0.6 is 0 Å². The third-order valence-electron chi connectivity index (χ3n) is 23.6. The monoisotopic (exact) mass is 1240 g/mol. The maximum Gasteiger partial charge on any atom is 0.127 e. The van der Waals surface area contributed by atoms with Crippen molar-refractivity contribution in [2.24, 2.45) is 53.3 Å². The third-order valence-corrected chi connectivity index (χ3v) is 23.6. The van der Waals surface area contributed by atoms with Gasteiger partial charge < -0.3 is 18.9 Å². The minimum Gasteiger partial charge on any atom is -0.494 e. The lowest BCUT2D eigenvalue weighted by Gasteiger charge is -2.39. The van der Waals surface area contributed by atoms with E-state index in [4.69, 9.17) is 18.9 Å². The lowest BCUT2D eigenvalue weighted by atomic mass is 9.75. The second-order valence-electron chi connectivity index (χ2n) is 28.9. The summed E-state index contributed by atoms with van der Waals surface area (Å²) in [5.74, 6) is 7.28. The van der Waals surface area contributed by atoms with Crippen LogP contribution in [-0.4, -0.2) is 73.7 Å². The number of fused-ring (bicyclic) bond motifs is 20. The third kappa shape index (κ3) is 12.1. The number of rotatable bonds is 12. The molecular weight excluding hydrogens is 1150 g/mol. The molecule has 8 bridgehead atoms. The Morgan fingerprint density at radius 3 is 0.871 bits per heavy atom. The van der Waals surface area contributed by atoms with E-state index in [1.807, 2.05) is 0 Å². The fourth-order valence-corrected chi connectivity index (χ4v) is 19.2. The van der Waals surface area contributed by atoms with Gasteiger partial charge in [-0.3, -0.25) is 42.5 Å². The van der Waals surface area contributed by atoms with E-state index >= 15 is 0 Å². The van der Waals surface area contributed by atoms with Gasteiger partial charge in [-0.1, -0.05) is 195 Å². The van der Waals surface area contributed by atoms with Crippen molar-refractivity contribution < 1.29 is 18.9 Å². The standard InChI is InChI=1S/C81H92N8O4/c1-49-21-20-33-61(53-28-12-5-13-29-53)73(49)93-57-40-44-65-69(48-57)81-88-76-64-43-39-56(92-72-36-19-16-32-60(72)52-26-10-4-11-27-52)47-68(64)79(86-76)84-74-62-41-37-54(90-70-34-17-14-30-58(70)50-22-6-2-7-23-50)45-66(62)78(82-74)83-75-63-42-38-55(46-67(63)80(85-75)87-77(65)89-81)91-71-35-18-15-31-59(71)51-24-8-3-9-25-51/h2-20,22-36,49,54-57,62-69,74-89H,21,37-48H2,1H3. The first-order valence-corrected chi connectivity index (χ1v) is 35.6. The smallest absolute Gasteiger partial charge is 0.127 e. The van der Waals surface area contributed by atoms with Crippen molar-refractivity contribution in [3.05, 3.63) is 218 Å². The van der Waals surface area contributed by atoms with Crippen LogP contribution in [0.4, 0.5) is 0 Å². The molecule has 21 atom stereocenters. The van der Waals surface area contributed by atoms with Gasteiger partial charge in [-0.25, -0.2) is 0 Å². The maximum absolute atomic E-state index is 7.44. The Morgan fingerprint density at radius 1 is 0.280 bits per heavy atom. The van der Waals surface area contributed by atoms with Crippen LogP contribution in [0.5, 0.6) is 17.2 Å². The minimum atomic E-state index is 0.0522. The first-order valence-electron chi connectivity index (χ1n) is 35.6. The summed E-state index contributed by atoms with van der Waals surface area (Å²) < 4.78 is 29.2. The van der Waals surface area contributed by atoms with E-state index in [0.717, 1.165) is 123 Å². The minimum absolute atomic E-state index is 0.0522. The second kappa shape index (κ2) is 26.2. The molecule has 0 radical (unpaired) electrons. The van der Waals surface area contributed by atoms with Gasteiger partial charge in [-0.2, -0.15) is 0 Å². The lowest BCUT2D eigenvalue weighted by Crippen LogP contribution is -2.61. The van der Waals surface area contributed by atoms with Crippen LogP contribution in [0.2, 0.25) is 0 Å². The highest BCUT2D eigenvalue weighted by Gasteiger charge is 2.57. The molecule has 21 unspecified atom stereocenters. The summed E-state index contributed by atoms with van der Waals surface area (Å²) in [6, 6.07) is 69.1. The van der Waals surface area contributed by atoms with Crippen molar-refractivity contribution in [3.63, 3.8) is 0 Å². The number of nitrogens with one attached hydrogen (secondary N) is 8. The van der Waals surface area contributed by atoms with E-state index in [0.29, 0.717) is 53.3 Å². The lowest BCUT2D eigenvalue weighted by molar-refractivity contribution is 0.0224. The van der Waals surface area contributed by atoms with E-state index in [1.165, 1.54) is 27.8 Å². The molecule has 5 heterocycles. The molecule has 93 heavy (non-hydrogen) atoms. The molecule has 0 spiro atoms. The molecule has 10 aliphatic rings.